The van der Waals surface area contributed by atoms with Crippen LogP contribution in [0.5, 0.6) is 11.5 Å². The molecule has 48 heavy (non-hydrogen) atoms. The van der Waals surface area contributed by atoms with Crippen LogP contribution in [-0.2, 0) is 22.3 Å². The van der Waals surface area contributed by atoms with Crippen molar-refractivity contribution in [2.24, 2.45) is 11.8 Å². The largest absolute Gasteiger partial charge is 0.490 e. The molecule has 0 saturated carbocycles. The molecule has 2 aromatic rings. The van der Waals surface area contributed by atoms with E-state index < -0.39 is 0 Å². The van der Waals surface area contributed by atoms with Gasteiger partial charge in [-0.15, -0.1) is 0 Å². The van der Waals surface area contributed by atoms with E-state index in [9.17, 15) is 0 Å². The van der Waals surface area contributed by atoms with Gasteiger partial charge in [0.05, 0.1) is 37.6 Å². The molecule has 4 aliphatic rings. The SMILES string of the molecule is CCCCCCOc1cc2c(cc1OCCCCCC)[C@@H]1O[C@H]2[C@@H]2[C@H]1[C@@H]1O[C@H]2c2c(CCCCCC)c(Br)c(Br)c(CCCCCC)c21. The molecule has 6 atom stereocenters. The number of hydrogen-bond donors (Lipinski definition) is 0. The first-order valence-corrected chi connectivity index (χ1v) is 21.4. The van der Waals surface area contributed by atoms with E-state index in [-0.39, 0.29) is 24.4 Å². The lowest BCUT2D eigenvalue weighted by Crippen LogP contribution is -2.29. The van der Waals surface area contributed by atoms with Gasteiger partial charge in [-0.25, -0.2) is 0 Å². The number of rotatable bonds is 22. The Labute approximate surface area is 308 Å². The normalized spacial score (nSPS) is 24.3. The predicted molar refractivity (Wildman–Crippen MR) is 203 cm³/mol. The van der Waals surface area contributed by atoms with Crippen molar-refractivity contribution in [2.75, 3.05) is 13.2 Å². The third-order valence-corrected chi connectivity index (χ3v) is 13.8. The van der Waals surface area contributed by atoms with Crippen molar-refractivity contribution in [3.8, 4) is 11.5 Å². The Morgan fingerprint density at radius 2 is 0.875 bits per heavy atom. The zero-order valence-electron chi connectivity index (χ0n) is 30.1. The third kappa shape index (κ3) is 7.30. The summed E-state index contributed by atoms with van der Waals surface area (Å²) in [5, 5.41) is 0. The van der Waals surface area contributed by atoms with Gasteiger partial charge in [-0.05, 0) is 116 Å². The molecule has 0 spiro atoms. The first-order chi connectivity index (χ1) is 23.5. The van der Waals surface area contributed by atoms with Crippen LogP contribution in [0.1, 0.15) is 188 Å². The van der Waals surface area contributed by atoms with E-state index in [1.165, 1.54) is 132 Å². The Morgan fingerprint density at radius 1 is 0.500 bits per heavy atom. The molecular weight excluding hydrogens is 728 g/mol. The van der Waals surface area contributed by atoms with Crippen LogP contribution in [0.4, 0.5) is 0 Å². The number of ether oxygens (including phenoxy) is 4. The minimum absolute atomic E-state index is 0.0440. The molecule has 4 aliphatic heterocycles. The Hall–Kier alpha value is -1.08. The average Bonchev–Trinajstić information content (AvgIpc) is 3.86. The van der Waals surface area contributed by atoms with Gasteiger partial charge in [-0.1, -0.05) is 105 Å². The summed E-state index contributed by atoms with van der Waals surface area (Å²) in [7, 11) is 0. The minimum atomic E-state index is 0.0440. The summed E-state index contributed by atoms with van der Waals surface area (Å²) < 4.78 is 29.6. The molecule has 0 amide bonds. The number of fused-ring (bicyclic) bond motifs is 15. The van der Waals surface area contributed by atoms with Crippen molar-refractivity contribution >= 4 is 31.9 Å². The predicted octanol–water partition coefficient (Wildman–Crippen LogP) is 13.6. The van der Waals surface area contributed by atoms with Gasteiger partial charge in [0, 0.05) is 20.8 Å². The zero-order valence-corrected chi connectivity index (χ0v) is 33.3. The van der Waals surface area contributed by atoms with Gasteiger partial charge in [0.25, 0.3) is 0 Å². The van der Waals surface area contributed by atoms with E-state index in [0.29, 0.717) is 11.8 Å². The van der Waals surface area contributed by atoms with E-state index in [2.05, 4.69) is 71.7 Å². The lowest BCUT2D eigenvalue weighted by molar-refractivity contribution is -0.0294. The van der Waals surface area contributed by atoms with Gasteiger partial charge in [0.1, 0.15) is 0 Å². The summed E-state index contributed by atoms with van der Waals surface area (Å²) in [4.78, 5) is 0. The maximum atomic E-state index is 7.15. The van der Waals surface area contributed by atoms with E-state index in [1.54, 1.807) is 0 Å². The second-order valence-electron chi connectivity index (χ2n) is 14.9. The maximum Gasteiger partial charge on any atom is 0.161 e. The van der Waals surface area contributed by atoms with Crippen LogP contribution in [0.25, 0.3) is 0 Å². The third-order valence-electron chi connectivity index (χ3n) is 11.5. The number of hydrogen-bond acceptors (Lipinski definition) is 4. The maximum absolute atomic E-state index is 7.15. The molecule has 2 saturated heterocycles. The monoisotopic (exact) mass is 786 g/mol. The summed E-state index contributed by atoms with van der Waals surface area (Å²) in [5.41, 5.74) is 8.55. The zero-order chi connectivity index (χ0) is 33.6. The summed E-state index contributed by atoms with van der Waals surface area (Å²) in [6, 6.07) is 4.57. The molecule has 6 rings (SSSR count). The summed E-state index contributed by atoms with van der Waals surface area (Å²) in [6.07, 6.45) is 22.1. The minimum Gasteiger partial charge on any atom is -0.490 e. The van der Waals surface area contributed by atoms with Crippen LogP contribution in [-0.4, -0.2) is 13.2 Å². The molecule has 4 heterocycles. The summed E-state index contributed by atoms with van der Waals surface area (Å²) >= 11 is 8.23. The van der Waals surface area contributed by atoms with Gasteiger partial charge >= 0.3 is 0 Å². The Morgan fingerprint density at radius 3 is 1.27 bits per heavy atom. The van der Waals surface area contributed by atoms with Crippen LogP contribution >= 0.6 is 31.9 Å². The van der Waals surface area contributed by atoms with Crippen molar-refractivity contribution in [3.63, 3.8) is 0 Å². The first kappa shape index (κ1) is 36.7. The standard InChI is InChI=1S/C42H60Br2O4/c1-5-9-13-17-21-27-33-34(28(38(44)37(27)43)22-18-14-10-6-2)42-36-35(41(33)48-42)39-29-25-31(45-23-19-15-11-7-3)32(26-30(29)40(36)47-39)46-24-20-16-12-8-4/h25-26,35-36,39-42H,5-24H2,1-4H3/t35-,36+,39+,40-,41-,42+. The summed E-state index contributed by atoms with van der Waals surface area (Å²) in [5.74, 6) is 2.48. The van der Waals surface area contributed by atoms with Crippen molar-refractivity contribution < 1.29 is 18.9 Å². The molecule has 0 N–H and O–H groups in total. The molecule has 0 unspecified atom stereocenters. The lowest BCUT2D eigenvalue weighted by Gasteiger charge is -2.35. The van der Waals surface area contributed by atoms with Crippen molar-refractivity contribution in [1.29, 1.82) is 0 Å². The average molecular weight is 789 g/mol. The molecule has 0 aliphatic carbocycles. The molecular formula is C42H60Br2O4. The molecule has 0 aromatic heterocycles. The van der Waals surface area contributed by atoms with Crippen LogP contribution in [0.3, 0.4) is 0 Å². The van der Waals surface area contributed by atoms with Gasteiger partial charge in [-0.2, -0.15) is 0 Å². The second kappa shape index (κ2) is 17.4. The highest BCUT2D eigenvalue weighted by molar-refractivity contribution is 9.13. The molecule has 4 bridgehead atoms. The topological polar surface area (TPSA) is 36.9 Å². The van der Waals surface area contributed by atoms with Crippen molar-refractivity contribution in [2.45, 2.75) is 168 Å². The Balaban J connectivity index is 1.31. The fourth-order valence-electron chi connectivity index (χ4n) is 9.04. The highest BCUT2D eigenvalue weighted by atomic mass is 79.9. The molecule has 6 heteroatoms. The second-order valence-corrected chi connectivity index (χ2v) is 16.5. The van der Waals surface area contributed by atoms with Gasteiger partial charge in [0.2, 0.25) is 0 Å². The molecule has 4 nitrogen and oxygen atoms in total. The molecule has 266 valence electrons. The van der Waals surface area contributed by atoms with Crippen LogP contribution in [0.2, 0.25) is 0 Å². The van der Waals surface area contributed by atoms with Crippen LogP contribution in [0, 0.1) is 11.8 Å². The number of benzene rings is 2. The van der Waals surface area contributed by atoms with Crippen LogP contribution in [0.15, 0.2) is 21.1 Å². The van der Waals surface area contributed by atoms with E-state index in [4.69, 9.17) is 18.9 Å². The highest BCUT2D eigenvalue weighted by Crippen LogP contribution is 2.74. The fourth-order valence-corrected chi connectivity index (χ4v) is 10.3. The molecule has 2 aromatic carbocycles. The molecule has 0 radical (unpaired) electrons. The van der Waals surface area contributed by atoms with Gasteiger partial charge < -0.3 is 18.9 Å². The Bertz CT molecular complexity index is 1270. The van der Waals surface area contributed by atoms with Gasteiger partial charge in [0.15, 0.2) is 11.5 Å². The first-order valence-electron chi connectivity index (χ1n) is 19.8. The molecule has 2 fully saturated rings. The smallest absolute Gasteiger partial charge is 0.161 e. The number of halogens is 2. The van der Waals surface area contributed by atoms with Crippen LogP contribution < -0.4 is 9.47 Å². The van der Waals surface area contributed by atoms with E-state index in [1.807, 2.05) is 0 Å². The number of unbranched alkanes of at least 4 members (excludes halogenated alkanes) is 12. The van der Waals surface area contributed by atoms with E-state index >= 15 is 0 Å². The Kier molecular flexibility index (Phi) is 13.3. The quantitative estimate of drug-likeness (QED) is 0.111. The van der Waals surface area contributed by atoms with Crippen molar-refractivity contribution in [3.05, 3.63) is 54.5 Å². The van der Waals surface area contributed by atoms with E-state index in [0.717, 1.165) is 50.4 Å². The van der Waals surface area contributed by atoms with Gasteiger partial charge in [-0.3, -0.25) is 0 Å². The lowest BCUT2D eigenvalue weighted by atomic mass is 9.65. The van der Waals surface area contributed by atoms with Crippen molar-refractivity contribution in [1.82, 2.24) is 0 Å². The summed E-state index contributed by atoms with van der Waals surface area (Å²) in [6.45, 7) is 10.6. The highest BCUT2D eigenvalue weighted by Gasteiger charge is 2.67. The fraction of sp³-hybridized carbons (Fsp3) is 0.714.